The van der Waals surface area contributed by atoms with Gasteiger partial charge in [-0.15, -0.1) is 0 Å². The van der Waals surface area contributed by atoms with E-state index in [2.05, 4.69) is 20.3 Å². The van der Waals surface area contributed by atoms with Crippen molar-refractivity contribution in [1.29, 1.82) is 0 Å². The molecule has 2 aromatic carbocycles. The summed E-state index contributed by atoms with van der Waals surface area (Å²) in [6.45, 7) is -0.240. The Morgan fingerprint density at radius 1 is 1.10 bits per heavy atom. The Labute approximate surface area is 165 Å². The SMILES string of the molecule is Nc1nc(COC(=O)C=Cc2ccccc2[N+](=O)[O-])nc(Nc2ccccc2)n1. The van der Waals surface area contributed by atoms with Gasteiger partial charge in [0.25, 0.3) is 5.69 Å². The maximum atomic E-state index is 11.9. The van der Waals surface area contributed by atoms with E-state index in [4.69, 9.17) is 10.5 Å². The highest BCUT2D eigenvalue weighted by Crippen LogP contribution is 2.19. The van der Waals surface area contributed by atoms with Crippen molar-refractivity contribution in [1.82, 2.24) is 15.0 Å². The number of rotatable bonds is 7. The van der Waals surface area contributed by atoms with Gasteiger partial charge in [-0.3, -0.25) is 10.1 Å². The molecule has 0 spiro atoms. The lowest BCUT2D eigenvalue weighted by Gasteiger charge is -2.07. The first kappa shape index (κ1) is 19.4. The highest BCUT2D eigenvalue weighted by Gasteiger charge is 2.11. The molecule has 1 heterocycles. The molecule has 3 aromatic rings. The smallest absolute Gasteiger partial charge is 0.331 e. The summed E-state index contributed by atoms with van der Waals surface area (Å²) >= 11 is 0. The largest absolute Gasteiger partial charge is 0.454 e. The summed E-state index contributed by atoms with van der Waals surface area (Å²) in [6, 6.07) is 15.3. The van der Waals surface area contributed by atoms with E-state index in [1.165, 1.54) is 18.2 Å². The number of nitrogens with two attached hydrogens (primary N) is 1. The van der Waals surface area contributed by atoms with Crippen LogP contribution in [0.2, 0.25) is 0 Å². The number of nitrogens with one attached hydrogen (secondary N) is 1. The number of carbonyl (C=O) groups is 1. The van der Waals surface area contributed by atoms with Crippen LogP contribution in [0.4, 0.5) is 23.3 Å². The molecule has 0 unspecified atom stereocenters. The molecule has 10 nitrogen and oxygen atoms in total. The molecular formula is C19H16N6O4. The molecule has 146 valence electrons. The average Bonchev–Trinajstić information content (AvgIpc) is 2.71. The predicted octanol–water partition coefficient (Wildman–Crippen LogP) is 2.86. The van der Waals surface area contributed by atoms with Gasteiger partial charge in [0.2, 0.25) is 11.9 Å². The van der Waals surface area contributed by atoms with Crippen LogP contribution in [0.1, 0.15) is 11.4 Å². The summed E-state index contributed by atoms with van der Waals surface area (Å²) in [5.41, 5.74) is 6.61. The normalized spacial score (nSPS) is 10.6. The predicted molar refractivity (Wildman–Crippen MR) is 106 cm³/mol. The fraction of sp³-hybridized carbons (Fsp3) is 0.0526. The van der Waals surface area contributed by atoms with Gasteiger partial charge in [0.05, 0.1) is 10.5 Å². The molecule has 0 aliphatic carbocycles. The second-order valence-corrected chi connectivity index (χ2v) is 5.68. The van der Waals surface area contributed by atoms with E-state index in [0.717, 1.165) is 11.8 Å². The highest BCUT2D eigenvalue weighted by molar-refractivity contribution is 5.87. The number of carbonyl (C=O) groups excluding carboxylic acids is 1. The second kappa shape index (κ2) is 9.04. The van der Waals surface area contributed by atoms with Crippen LogP contribution in [-0.4, -0.2) is 25.8 Å². The van der Waals surface area contributed by atoms with Crippen LogP contribution in [0.5, 0.6) is 0 Å². The number of nitrogens with zero attached hydrogens (tertiary/aromatic N) is 4. The first-order valence-electron chi connectivity index (χ1n) is 8.42. The Morgan fingerprint density at radius 2 is 1.83 bits per heavy atom. The van der Waals surface area contributed by atoms with Crippen LogP contribution in [0.15, 0.2) is 60.7 Å². The van der Waals surface area contributed by atoms with Gasteiger partial charge in [0.1, 0.15) is 0 Å². The van der Waals surface area contributed by atoms with Gasteiger partial charge in [-0.2, -0.15) is 15.0 Å². The third kappa shape index (κ3) is 5.57. The number of aromatic nitrogens is 3. The maximum absolute atomic E-state index is 11.9. The van der Waals surface area contributed by atoms with Crippen LogP contribution >= 0.6 is 0 Å². The maximum Gasteiger partial charge on any atom is 0.331 e. The van der Waals surface area contributed by atoms with Crippen molar-refractivity contribution in [2.75, 3.05) is 11.1 Å². The lowest BCUT2D eigenvalue weighted by Crippen LogP contribution is -2.10. The minimum Gasteiger partial charge on any atom is -0.454 e. The van der Waals surface area contributed by atoms with E-state index in [1.54, 1.807) is 12.1 Å². The van der Waals surface area contributed by atoms with Crippen LogP contribution in [0.3, 0.4) is 0 Å². The number of hydrogen-bond donors (Lipinski definition) is 2. The van der Waals surface area contributed by atoms with Crippen molar-refractivity contribution < 1.29 is 14.5 Å². The Balaban J connectivity index is 1.64. The summed E-state index contributed by atoms with van der Waals surface area (Å²) in [5.74, 6) is -0.367. The molecule has 29 heavy (non-hydrogen) atoms. The van der Waals surface area contributed by atoms with Crippen LogP contribution < -0.4 is 11.1 Å². The zero-order valence-corrected chi connectivity index (χ0v) is 15.1. The van der Waals surface area contributed by atoms with Gasteiger partial charge in [-0.05, 0) is 24.3 Å². The van der Waals surface area contributed by atoms with E-state index in [-0.39, 0.29) is 35.6 Å². The molecule has 0 radical (unpaired) electrons. The first-order chi connectivity index (χ1) is 14.0. The minimum absolute atomic E-state index is 0.0278. The van der Waals surface area contributed by atoms with Crippen LogP contribution in [0, 0.1) is 10.1 Å². The molecule has 0 saturated carbocycles. The molecule has 0 aliphatic rings. The fourth-order valence-electron chi connectivity index (χ4n) is 2.35. The van der Waals surface area contributed by atoms with E-state index in [9.17, 15) is 14.9 Å². The Morgan fingerprint density at radius 3 is 2.59 bits per heavy atom. The number of anilines is 3. The first-order valence-corrected chi connectivity index (χ1v) is 8.42. The second-order valence-electron chi connectivity index (χ2n) is 5.68. The third-order valence-electron chi connectivity index (χ3n) is 3.60. The van der Waals surface area contributed by atoms with Crippen LogP contribution in [-0.2, 0) is 16.1 Å². The molecule has 0 atom stereocenters. The molecule has 1 aromatic heterocycles. The van der Waals surface area contributed by atoms with Crippen LogP contribution in [0.25, 0.3) is 6.08 Å². The summed E-state index contributed by atoms with van der Waals surface area (Å²) < 4.78 is 5.08. The zero-order valence-electron chi connectivity index (χ0n) is 15.1. The zero-order chi connectivity index (χ0) is 20.6. The van der Waals surface area contributed by atoms with Crippen molar-refractivity contribution >= 4 is 35.3 Å². The van der Waals surface area contributed by atoms with Crippen molar-refractivity contribution in [3.8, 4) is 0 Å². The highest BCUT2D eigenvalue weighted by atomic mass is 16.6. The number of hydrogen-bond acceptors (Lipinski definition) is 9. The number of esters is 1. The van der Waals surface area contributed by atoms with Gasteiger partial charge >= 0.3 is 5.97 Å². The summed E-state index contributed by atoms with van der Waals surface area (Å²) in [6.07, 6.45) is 2.40. The number of para-hydroxylation sites is 2. The summed E-state index contributed by atoms with van der Waals surface area (Å²) in [4.78, 5) is 34.5. The lowest BCUT2D eigenvalue weighted by molar-refractivity contribution is -0.385. The van der Waals surface area contributed by atoms with Gasteiger partial charge in [-0.25, -0.2) is 4.79 Å². The molecule has 0 bridgehead atoms. The topological polar surface area (TPSA) is 146 Å². The number of benzene rings is 2. The monoisotopic (exact) mass is 392 g/mol. The van der Waals surface area contributed by atoms with Crippen molar-refractivity contribution in [3.63, 3.8) is 0 Å². The third-order valence-corrected chi connectivity index (χ3v) is 3.60. The molecule has 0 aliphatic heterocycles. The number of nitro groups is 1. The molecule has 0 saturated heterocycles. The summed E-state index contributed by atoms with van der Waals surface area (Å²) in [5, 5.41) is 14.0. The van der Waals surface area contributed by atoms with E-state index >= 15 is 0 Å². The Kier molecular flexibility index (Phi) is 6.05. The lowest BCUT2D eigenvalue weighted by atomic mass is 10.1. The van der Waals surface area contributed by atoms with Crippen molar-refractivity contribution in [2.45, 2.75) is 6.61 Å². The van der Waals surface area contributed by atoms with Gasteiger partial charge in [-0.1, -0.05) is 30.3 Å². The summed E-state index contributed by atoms with van der Waals surface area (Å²) in [7, 11) is 0. The number of ether oxygens (including phenoxy) is 1. The van der Waals surface area contributed by atoms with Crippen molar-refractivity contribution in [2.24, 2.45) is 0 Å². The minimum atomic E-state index is -0.709. The molecule has 3 rings (SSSR count). The Bertz CT molecular complexity index is 1060. The van der Waals surface area contributed by atoms with Gasteiger partial charge in [0, 0.05) is 17.8 Å². The van der Waals surface area contributed by atoms with Crippen molar-refractivity contribution in [3.05, 3.63) is 82.2 Å². The molecule has 10 heteroatoms. The Hall–Kier alpha value is -4.34. The quantitative estimate of drug-likeness (QED) is 0.268. The molecular weight excluding hydrogens is 376 g/mol. The van der Waals surface area contributed by atoms with Gasteiger partial charge in [0.15, 0.2) is 12.4 Å². The molecule has 3 N–H and O–H groups in total. The number of nitro benzene ring substituents is 1. The van der Waals surface area contributed by atoms with E-state index in [0.29, 0.717) is 0 Å². The van der Waals surface area contributed by atoms with E-state index in [1.807, 2.05) is 30.3 Å². The fourth-order valence-corrected chi connectivity index (χ4v) is 2.35. The van der Waals surface area contributed by atoms with E-state index < -0.39 is 10.9 Å². The average molecular weight is 392 g/mol. The number of nitrogen functional groups attached to an aromatic ring is 1. The molecule has 0 amide bonds. The van der Waals surface area contributed by atoms with Gasteiger partial charge < -0.3 is 15.8 Å². The standard InChI is InChI=1S/C19H16N6O4/c20-18-22-16(23-19(24-18)21-14-7-2-1-3-8-14)12-29-17(26)11-10-13-6-4-5-9-15(13)25(27)28/h1-11H,12H2,(H3,20,21,22,23,24). The molecule has 0 fully saturated rings.